The Morgan fingerprint density at radius 3 is 2.23 bits per heavy atom. The van der Waals surface area contributed by atoms with Crippen LogP contribution in [-0.4, -0.2) is 9.13 Å². The Hall–Kier alpha value is -6.87. The quantitative estimate of drug-likeness (QED) is 0.183. The average Bonchev–Trinajstić information content (AvgIpc) is 3.70. The van der Waals surface area contributed by atoms with E-state index in [1.54, 1.807) is 0 Å². The molecular formula is C47H33N5. The highest BCUT2D eigenvalue weighted by Gasteiger charge is 2.28. The fourth-order valence-electron chi connectivity index (χ4n) is 8.49. The van der Waals surface area contributed by atoms with E-state index in [2.05, 4.69) is 125 Å². The lowest BCUT2D eigenvalue weighted by molar-refractivity contribution is 0.772. The molecule has 2 aliphatic carbocycles. The van der Waals surface area contributed by atoms with Crippen molar-refractivity contribution in [2.75, 3.05) is 0 Å². The van der Waals surface area contributed by atoms with E-state index in [1.807, 2.05) is 36.4 Å². The molecule has 1 unspecified atom stereocenters. The highest BCUT2D eigenvalue weighted by atomic mass is 15.0. The van der Waals surface area contributed by atoms with Gasteiger partial charge in [-0.2, -0.15) is 15.8 Å². The summed E-state index contributed by atoms with van der Waals surface area (Å²) >= 11 is 0. The van der Waals surface area contributed by atoms with Gasteiger partial charge in [0.2, 0.25) is 0 Å². The molecule has 2 aliphatic rings. The van der Waals surface area contributed by atoms with Gasteiger partial charge in [-0.15, -0.1) is 0 Å². The molecule has 0 amide bonds. The van der Waals surface area contributed by atoms with Crippen LogP contribution in [0.4, 0.5) is 0 Å². The molecule has 0 N–H and O–H groups in total. The molecule has 9 rings (SSSR count). The Bertz CT molecular complexity index is 2800. The molecule has 0 fully saturated rings. The molecule has 7 aromatic rings. The summed E-state index contributed by atoms with van der Waals surface area (Å²) in [5.74, 6) is 0.307. The largest absolute Gasteiger partial charge is 0.336 e. The van der Waals surface area contributed by atoms with E-state index in [-0.39, 0.29) is 0 Å². The lowest BCUT2D eigenvalue weighted by Crippen LogP contribution is -2.09. The topological polar surface area (TPSA) is 81.2 Å². The number of benzene rings is 5. The zero-order chi connectivity index (χ0) is 35.3. The number of aromatic nitrogens is 2. The maximum absolute atomic E-state index is 10.5. The predicted octanol–water partition coefficient (Wildman–Crippen LogP) is 11.3. The third kappa shape index (κ3) is 4.89. The lowest BCUT2D eigenvalue weighted by Gasteiger charge is -2.24. The lowest BCUT2D eigenvalue weighted by atomic mass is 9.87. The van der Waals surface area contributed by atoms with Crippen LogP contribution in [0.2, 0.25) is 0 Å². The molecule has 0 aliphatic heterocycles. The van der Waals surface area contributed by atoms with Gasteiger partial charge in [0.1, 0.15) is 0 Å². The summed E-state index contributed by atoms with van der Waals surface area (Å²) in [6.45, 7) is 2.89. The zero-order valence-electron chi connectivity index (χ0n) is 28.8. The number of rotatable bonds is 5. The first-order valence-corrected chi connectivity index (χ1v) is 17.8. The van der Waals surface area contributed by atoms with Gasteiger partial charge in [-0.3, -0.25) is 0 Å². The van der Waals surface area contributed by atoms with Crippen molar-refractivity contribution in [2.45, 2.75) is 38.6 Å². The predicted molar refractivity (Wildman–Crippen MR) is 210 cm³/mol. The first kappa shape index (κ1) is 31.1. The summed E-state index contributed by atoms with van der Waals surface area (Å²) in [6, 6.07) is 44.7. The molecule has 2 heterocycles. The van der Waals surface area contributed by atoms with E-state index < -0.39 is 0 Å². The van der Waals surface area contributed by atoms with Crippen LogP contribution >= 0.6 is 0 Å². The Labute approximate surface area is 302 Å². The van der Waals surface area contributed by atoms with Crippen molar-refractivity contribution in [2.24, 2.45) is 0 Å². The van der Waals surface area contributed by atoms with Crippen LogP contribution in [-0.2, 0) is 6.54 Å². The fourth-order valence-corrected chi connectivity index (χ4v) is 8.49. The summed E-state index contributed by atoms with van der Waals surface area (Å²) in [4.78, 5) is 0. The monoisotopic (exact) mass is 667 g/mol. The van der Waals surface area contributed by atoms with Crippen LogP contribution in [0, 0.1) is 34.0 Å². The zero-order valence-corrected chi connectivity index (χ0v) is 28.8. The first-order chi connectivity index (χ1) is 25.6. The van der Waals surface area contributed by atoms with Gasteiger partial charge in [-0.05, 0) is 102 Å². The summed E-state index contributed by atoms with van der Waals surface area (Å²) in [5, 5.41) is 34.2. The van der Waals surface area contributed by atoms with Crippen LogP contribution in [0.3, 0.4) is 0 Å². The van der Waals surface area contributed by atoms with Crippen molar-refractivity contribution in [1.82, 2.24) is 9.13 Å². The van der Waals surface area contributed by atoms with Gasteiger partial charge in [0, 0.05) is 50.7 Å². The van der Waals surface area contributed by atoms with Crippen LogP contribution in [0.1, 0.15) is 65.6 Å². The summed E-state index contributed by atoms with van der Waals surface area (Å²) < 4.78 is 4.66. The van der Waals surface area contributed by atoms with Gasteiger partial charge >= 0.3 is 0 Å². The van der Waals surface area contributed by atoms with Gasteiger partial charge in [0.25, 0.3) is 0 Å². The third-order valence-electron chi connectivity index (χ3n) is 10.8. The average molecular weight is 668 g/mol. The standard InChI is InChI=1S/C47H33N5/c1-30-9-6-17-44-46(30)40-24-31(26-48)20-22-43(40)52(44)45-18-8-12-35(27-49)47(45)34-11-7-10-33(25-34)37-21-19-32(23-36(37)28-50)29-51-41-15-4-2-13-38(41)39-14-3-5-16-42(39)51/h2-7,10-17,19-25,30H,8-9,18,29H2,1H3. The molecule has 0 saturated carbocycles. The molecule has 0 bridgehead atoms. The number of fused-ring (bicyclic) bond motifs is 6. The maximum Gasteiger partial charge on any atom is 0.0998 e. The number of para-hydroxylation sites is 2. The van der Waals surface area contributed by atoms with Crippen molar-refractivity contribution >= 4 is 50.1 Å². The smallest absolute Gasteiger partial charge is 0.0998 e. The Kier molecular flexibility index (Phi) is 7.47. The fraction of sp³-hybridized carbons (Fsp3) is 0.128. The van der Waals surface area contributed by atoms with Crippen LogP contribution < -0.4 is 0 Å². The second-order valence-electron chi connectivity index (χ2n) is 13.8. The molecule has 0 spiro atoms. The third-order valence-corrected chi connectivity index (χ3v) is 10.8. The molecule has 5 heteroatoms. The van der Waals surface area contributed by atoms with E-state index >= 15 is 0 Å². The summed E-state index contributed by atoms with van der Waals surface area (Å²) in [5.41, 5.74) is 13.5. The van der Waals surface area contributed by atoms with Gasteiger partial charge in [0.05, 0.1) is 40.4 Å². The Balaban J connectivity index is 1.17. The van der Waals surface area contributed by atoms with Crippen molar-refractivity contribution in [1.29, 1.82) is 15.8 Å². The summed E-state index contributed by atoms with van der Waals surface area (Å²) in [6.07, 6.45) is 8.94. The van der Waals surface area contributed by atoms with E-state index in [0.29, 0.717) is 29.2 Å². The molecule has 52 heavy (non-hydrogen) atoms. The van der Waals surface area contributed by atoms with E-state index in [4.69, 9.17) is 0 Å². The second kappa shape index (κ2) is 12.5. The van der Waals surface area contributed by atoms with Crippen molar-refractivity contribution < 1.29 is 0 Å². The first-order valence-electron chi connectivity index (χ1n) is 17.8. The van der Waals surface area contributed by atoms with Crippen molar-refractivity contribution in [3.8, 4) is 29.3 Å². The van der Waals surface area contributed by atoms with Crippen LogP contribution in [0.25, 0.3) is 61.2 Å². The van der Waals surface area contributed by atoms with Gasteiger partial charge in [-0.1, -0.05) is 85.8 Å². The molecular weight excluding hydrogens is 635 g/mol. The van der Waals surface area contributed by atoms with Crippen LogP contribution in [0.5, 0.6) is 0 Å². The van der Waals surface area contributed by atoms with Gasteiger partial charge in [0.15, 0.2) is 0 Å². The number of nitriles is 3. The highest BCUT2D eigenvalue weighted by molar-refractivity contribution is 6.08. The molecule has 5 nitrogen and oxygen atoms in total. The van der Waals surface area contributed by atoms with Gasteiger partial charge in [-0.25, -0.2) is 0 Å². The molecule has 5 aromatic carbocycles. The highest BCUT2D eigenvalue weighted by Crippen LogP contribution is 2.45. The van der Waals surface area contributed by atoms with Gasteiger partial charge < -0.3 is 9.13 Å². The minimum absolute atomic E-state index is 0.307. The SMILES string of the molecule is CC1CC=Cc2c1c1cc(C#N)ccc1n2C1=C(c2cccc(-c3ccc(Cn4c5ccccc5c5ccccc54)cc3C#N)c2)C(C#N)=CCC1. The second-order valence-corrected chi connectivity index (χ2v) is 13.8. The normalized spacial score (nSPS) is 15.3. The number of hydrogen-bond donors (Lipinski definition) is 0. The molecule has 246 valence electrons. The molecule has 0 saturated heterocycles. The Morgan fingerprint density at radius 1 is 0.712 bits per heavy atom. The number of nitrogens with zero attached hydrogens (tertiary/aromatic N) is 5. The minimum Gasteiger partial charge on any atom is -0.336 e. The number of allylic oxidation sites excluding steroid dienone is 5. The summed E-state index contributed by atoms with van der Waals surface area (Å²) in [7, 11) is 0. The van der Waals surface area contributed by atoms with Crippen LogP contribution in [0.15, 0.2) is 127 Å². The minimum atomic E-state index is 0.307. The van der Waals surface area contributed by atoms with E-state index in [1.165, 1.54) is 27.4 Å². The molecule has 1 atom stereocenters. The molecule has 2 aromatic heterocycles. The van der Waals surface area contributed by atoms with Crippen molar-refractivity contribution in [3.05, 3.63) is 160 Å². The number of hydrogen-bond acceptors (Lipinski definition) is 3. The van der Waals surface area contributed by atoms with Crippen molar-refractivity contribution in [3.63, 3.8) is 0 Å². The molecule has 0 radical (unpaired) electrons. The Morgan fingerprint density at radius 2 is 1.48 bits per heavy atom. The maximum atomic E-state index is 10.5. The van der Waals surface area contributed by atoms with E-state index in [0.717, 1.165) is 69.4 Å². The van der Waals surface area contributed by atoms with E-state index in [9.17, 15) is 15.8 Å².